The Labute approximate surface area is 104 Å². The third kappa shape index (κ3) is 3.71. The summed E-state index contributed by atoms with van der Waals surface area (Å²) >= 11 is 1.84. The quantitative estimate of drug-likeness (QED) is 0.891. The van der Waals surface area contributed by atoms with Crippen molar-refractivity contribution in [3.05, 3.63) is 29.6 Å². The van der Waals surface area contributed by atoms with Gasteiger partial charge in [-0.3, -0.25) is 0 Å². The smallest absolute Gasteiger partial charge is 0.354 e. The average molecular weight is 253 g/mol. The van der Waals surface area contributed by atoms with Crippen molar-refractivity contribution in [1.82, 2.24) is 4.98 Å². The summed E-state index contributed by atoms with van der Waals surface area (Å²) in [5, 5.41) is 9.45. The number of rotatable bonds is 4. The highest BCUT2D eigenvalue weighted by Gasteiger charge is 2.14. The van der Waals surface area contributed by atoms with Gasteiger partial charge in [-0.1, -0.05) is 6.07 Å². The van der Waals surface area contributed by atoms with Gasteiger partial charge < -0.3 is 9.84 Å². The number of ether oxygens (including phenoxy) is 1. The minimum Gasteiger partial charge on any atom is -0.477 e. The Bertz CT molecular complexity index is 391. The minimum atomic E-state index is -0.970. The Hall–Kier alpha value is -1.07. The standard InChI is InChI=1S/C12H15NO3S/c14-12(15)11-3-1-2-9(13-11)8-17-10-4-6-16-7-5-10/h1-3,10H,4-8H2,(H,14,15). The fraction of sp³-hybridized carbons (Fsp3) is 0.500. The van der Waals surface area contributed by atoms with E-state index >= 15 is 0 Å². The molecule has 1 aliphatic heterocycles. The van der Waals surface area contributed by atoms with Crippen LogP contribution < -0.4 is 0 Å². The lowest BCUT2D eigenvalue weighted by Crippen LogP contribution is -2.17. The molecule has 5 heteroatoms. The number of carboxylic acid groups (broad SMARTS) is 1. The van der Waals surface area contributed by atoms with Gasteiger partial charge in [-0.2, -0.15) is 11.8 Å². The lowest BCUT2D eigenvalue weighted by molar-refractivity contribution is 0.0690. The summed E-state index contributed by atoms with van der Waals surface area (Å²) in [6.07, 6.45) is 2.15. The Kier molecular flexibility index (Phi) is 4.39. The molecule has 1 N–H and O–H groups in total. The first kappa shape index (κ1) is 12.4. The molecule has 0 radical (unpaired) electrons. The molecule has 17 heavy (non-hydrogen) atoms. The van der Waals surface area contributed by atoms with Crippen molar-refractivity contribution >= 4 is 17.7 Å². The van der Waals surface area contributed by atoms with E-state index in [1.54, 1.807) is 6.07 Å². The Balaban J connectivity index is 1.89. The maximum Gasteiger partial charge on any atom is 0.354 e. The van der Waals surface area contributed by atoms with E-state index in [1.807, 2.05) is 17.8 Å². The predicted molar refractivity (Wildman–Crippen MR) is 66.3 cm³/mol. The zero-order chi connectivity index (χ0) is 12.1. The van der Waals surface area contributed by atoms with E-state index in [0.29, 0.717) is 5.25 Å². The van der Waals surface area contributed by atoms with Crippen molar-refractivity contribution in [3.63, 3.8) is 0 Å². The average Bonchev–Trinajstić information content (AvgIpc) is 2.38. The van der Waals surface area contributed by atoms with E-state index in [2.05, 4.69) is 4.98 Å². The largest absolute Gasteiger partial charge is 0.477 e. The van der Waals surface area contributed by atoms with Crippen molar-refractivity contribution in [2.75, 3.05) is 13.2 Å². The Morgan fingerprint density at radius 3 is 2.94 bits per heavy atom. The summed E-state index contributed by atoms with van der Waals surface area (Å²) in [5.74, 6) is -0.200. The van der Waals surface area contributed by atoms with Crippen LogP contribution in [0.15, 0.2) is 18.2 Å². The number of carboxylic acids is 1. The van der Waals surface area contributed by atoms with Crippen molar-refractivity contribution in [1.29, 1.82) is 0 Å². The van der Waals surface area contributed by atoms with E-state index in [0.717, 1.165) is 37.5 Å². The molecule has 1 saturated heterocycles. The summed E-state index contributed by atoms with van der Waals surface area (Å²) in [6, 6.07) is 5.14. The maximum atomic E-state index is 10.8. The maximum absolute atomic E-state index is 10.8. The third-order valence-electron chi connectivity index (χ3n) is 2.66. The van der Waals surface area contributed by atoms with Crippen molar-refractivity contribution < 1.29 is 14.6 Å². The van der Waals surface area contributed by atoms with Crippen LogP contribution in [0, 0.1) is 0 Å². The van der Waals surface area contributed by atoms with Gasteiger partial charge in [0, 0.05) is 24.2 Å². The number of hydrogen-bond donors (Lipinski definition) is 1. The van der Waals surface area contributed by atoms with Crippen LogP contribution in [0.3, 0.4) is 0 Å². The van der Waals surface area contributed by atoms with E-state index in [-0.39, 0.29) is 5.69 Å². The lowest BCUT2D eigenvalue weighted by atomic mass is 10.2. The normalized spacial score (nSPS) is 16.9. The fourth-order valence-electron chi connectivity index (χ4n) is 1.72. The van der Waals surface area contributed by atoms with E-state index in [1.165, 1.54) is 6.07 Å². The van der Waals surface area contributed by atoms with Crippen LogP contribution in [-0.2, 0) is 10.5 Å². The van der Waals surface area contributed by atoms with Gasteiger partial charge >= 0.3 is 5.97 Å². The molecule has 0 saturated carbocycles. The van der Waals surface area contributed by atoms with Crippen LogP contribution in [-0.4, -0.2) is 34.5 Å². The molecule has 0 aliphatic carbocycles. The molecule has 2 heterocycles. The molecule has 1 aliphatic rings. The first-order valence-electron chi connectivity index (χ1n) is 5.64. The van der Waals surface area contributed by atoms with Crippen LogP contribution in [0.25, 0.3) is 0 Å². The number of pyridine rings is 1. The molecule has 1 aromatic rings. The van der Waals surface area contributed by atoms with E-state index in [9.17, 15) is 4.79 Å². The van der Waals surface area contributed by atoms with Gasteiger partial charge in [0.2, 0.25) is 0 Å². The van der Waals surface area contributed by atoms with Crippen LogP contribution in [0.5, 0.6) is 0 Å². The summed E-state index contributed by atoms with van der Waals surface area (Å²) in [5.41, 5.74) is 0.955. The zero-order valence-electron chi connectivity index (χ0n) is 9.46. The summed E-state index contributed by atoms with van der Waals surface area (Å²) in [6.45, 7) is 1.67. The number of aromatic carboxylic acids is 1. The molecule has 0 bridgehead atoms. The number of thioether (sulfide) groups is 1. The highest BCUT2D eigenvalue weighted by molar-refractivity contribution is 7.99. The van der Waals surface area contributed by atoms with Crippen LogP contribution >= 0.6 is 11.8 Å². The third-order valence-corrected chi connectivity index (χ3v) is 4.07. The number of carbonyl (C=O) groups is 1. The van der Waals surface area contributed by atoms with Gasteiger partial charge in [0.15, 0.2) is 0 Å². The fourth-order valence-corrected chi connectivity index (χ4v) is 2.82. The monoisotopic (exact) mass is 253 g/mol. The molecular weight excluding hydrogens is 238 g/mol. The van der Waals surface area contributed by atoms with Gasteiger partial charge in [0.25, 0.3) is 0 Å². The summed E-state index contributed by atoms with van der Waals surface area (Å²) in [7, 11) is 0. The van der Waals surface area contributed by atoms with Gasteiger partial charge in [-0.25, -0.2) is 9.78 Å². The predicted octanol–water partition coefficient (Wildman–Crippen LogP) is 2.19. The molecule has 4 nitrogen and oxygen atoms in total. The molecule has 0 unspecified atom stereocenters. The van der Waals surface area contributed by atoms with Crippen LogP contribution in [0.1, 0.15) is 29.0 Å². The van der Waals surface area contributed by atoms with Gasteiger partial charge in [-0.15, -0.1) is 0 Å². The molecule has 0 atom stereocenters. The molecular formula is C12H15NO3S. The second-order valence-corrected chi connectivity index (χ2v) is 5.23. The van der Waals surface area contributed by atoms with Gasteiger partial charge in [0.05, 0.1) is 5.69 Å². The van der Waals surface area contributed by atoms with E-state index < -0.39 is 5.97 Å². The first-order valence-corrected chi connectivity index (χ1v) is 6.69. The highest BCUT2D eigenvalue weighted by atomic mass is 32.2. The molecule has 0 amide bonds. The highest BCUT2D eigenvalue weighted by Crippen LogP contribution is 2.24. The Morgan fingerprint density at radius 2 is 2.24 bits per heavy atom. The summed E-state index contributed by atoms with van der Waals surface area (Å²) < 4.78 is 5.30. The Morgan fingerprint density at radius 1 is 1.47 bits per heavy atom. The topological polar surface area (TPSA) is 59.4 Å². The minimum absolute atomic E-state index is 0.120. The molecule has 92 valence electrons. The molecule has 1 fully saturated rings. The van der Waals surface area contributed by atoms with Crippen molar-refractivity contribution in [3.8, 4) is 0 Å². The molecule has 2 rings (SSSR count). The summed E-state index contributed by atoms with van der Waals surface area (Å²) in [4.78, 5) is 14.9. The number of nitrogens with zero attached hydrogens (tertiary/aromatic N) is 1. The van der Waals surface area contributed by atoms with Crippen LogP contribution in [0.4, 0.5) is 0 Å². The van der Waals surface area contributed by atoms with Gasteiger partial charge in [-0.05, 0) is 25.0 Å². The lowest BCUT2D eigenvalue weighted by Gasteiger charge is -2.21. The number of hydrogen-bond acceptors (Lipinski definition) is 4. The van der Waals surface area contributed by atoms with Crippen LogP contribution in [0.2, 0.25) is 0 Å². The molecule has 0 spiro atoms. The van der Waals surface area contributed by atoms with Crippen molar-refractivity contribution in [2.24, 2.45) is 0 Å². The second-order valence-electron chi connectivity index (χ2n) is 3.94. The first-order chi connectivity index (χ1) is 8.25. The molecule has 1 aromatic heterocycles. The number of aromatic nitrogens is 1. The van der Waals surface area contributed by atoms with Gasteiger partial charge in [0.1, 0.15) is 5.69 Å². The SMILES string of the molecule is O=C(O)c1cccc(CSC2CCOCC2)n1. The zero-order valence-corrected chi connectivity index (χ0v) is 10.3. The second kappa shape index (κ2) is 6.02. The van der Waals surface area contributed by atoms with Crippen molar-refractivity contribution in [2.45, 2.75) is 23.8 Å². The molecule has 0 aromatic carbocycles. The van der Waals surface area contributed by atoms with E-state index in [4.69, 9.17) is 9.84 Å².